The molecule has 2 N–H and O–H groups in total. The van der Waals surface area contributed by atoms with Gasteiger partial charge in [0.1, 0.15) is 0 Å². The van der Waals surface area contributed by atoms with Crippen molar-refractivity contribution >= 4 is 11.6 Å². The monoisotopic (exact) mass is 264 g/mol. The maximum atomic E-state index is 12.8. The summed E-state index contributed by atoms with van der Waals surface area (Å²) in [5.41, 5.74) is 6.28. The third-order valence-electron chi connectivity index (χ3n) is 2.37. The molecule has 0 spiro atoms. The number of benzene rings is 1. The number of alkyl halides is 4. The fourth-order valence-electron chi connectivity index (χ4n) is 1.35. The molecule has 18 heavy (non-hydrogen) atoms. The molecule has 0 atom stereocenters. The molecule has 0 radical (unpaired) electrons. The van der Waals surface area contributed by atoms with Gasteiger partial charge in [0.2, 0.25) is 0 Å². The van der Waals surface area contributed by atoms with E-state index in [1.807, 2.05) is 0 Å². The van der Waals surface area contributed by atoms with Crippen LogP contribution in [0.4, 0.5) is 23.2 Å². The third-order valence-corrected chi connectivity index (χ3v) is 2.37. The zero-order valence-corrected chi connectivity index (χ0v) is 9.54. The topological polar surface area (TPSA) is 46.3 Å². The fraction of sp³-hybridized carbons (Fsp3) is 0.364. The highest BCUT2D eigenvalue weighted by Crippen LogP contribution is 2.26. The molecule has 0 unspecified atom stereocenters. The number of para-hydroxylation sites is 1. The van der Waals surface area contributed by atoms with E-state index in [4.69, 9.17) is 5.73 Å². The number of hydrogen-bond donors (Lipinski definition) is 1. The first-order chi connectivity index (χ1) is 8.26. The quantitative estimate of drug-likeness (QED) is 0.669. The van der Waals surface area contributed by atoms with Crippen LogP contribution in [0.15, 0.2) is 24.3 Å². The molecular formula is C11H12F4N2O. The van der Waals surface area contributed by atoms with Crippen LogP contribution in [0.5, 0.6) is 0 Å². The number of rotatable bonds is 4. The minimum Gasteiger partial charge on any atom is -0.398 e. The molecule has 0 aliphatic heterocycles. The molecule has 1 aromatic rings. The number of anilines is 1. The van der Waals surface area contributed by atoms with Crippen LogP contribution < -0.4 is 5.73 Å². The first-order valence-electron chi connectivity index (χ1n) is 5.01. The number of carbonyl (C=O) groups excluding carboxylic acids is 1. The van der Waals surface area contributed by atoms with E-state index < -0.39 is 18.3 Å². The molecule has 1 aromatic carbocycles. The van der Waals surface area contributed by atoms with Gasteiger partial charge in [0.25, 0.3) is 5.91 Å². The van der Waals surface area contributed by atoms with Crippen molar-refractivity contribution < 1.29 is 22.4 Å². The second-order valence-corrected chi connectivity index (χ2v) is 3.78. The Hall–Kier alpha value is -1.79. The van der Waals surface area contributed by atoms with Crippen molar-refractivity contribution in [2.24, 2.45) is 0 Å². The summed E-state index contributed by atoms with van der Waals surface area (Å²) in [6.45, 7) is -0.256. The Kier molecular flexibility index (Phi) is 4.15. The van der Waals surface area contributed by atoms with Crippen LogP contribution in [0.3, 0.4) is 0 Å². The average molecular weight is 264 g/mol. The SMILES string of the molecule is CN(Cc1ccccc1N)C(=O)C(F)(F)C(F)F. The Bertz CT molecular complexity index is 437. The van der Waals surface area contributed by atoms with Gasteiger partial charge in [-0.1, -0.05) is 18.2 Å². The van der Waals surface area contributed by atoms with Gasteiger partial charge < -0.3 is 10.6 Å². The molecule has 7 heteroatoms. The van der Waals surface area contributed by atoms with Gasteiger partial charge in [-0.3, -0.25) is 4.79 Å². The van der Waals surface area contributed by atoms with Gasteiger partial charge in [0, 0.05) is 19.3 Å². The molecule has 0 aromatic heterocycles. The van der Waals surface area contributed by atoms with Crippen LogP contribution in [0.1, 0.15) is 5.56 Å². The Labute approximate surface area is 101 Å². The van der Waals surface area contributed by atoms with Gasteiger partial charge in [-0.2, -0.15) is 8.78 Å². The normalized spacial score (nSPS) is 11.7. The van der Waals surface area contributed by atoms with Gasteiger partial charge >= 0.3 is 12.3 Å². The van der Waals surface area contributed by atoms with E-state index in [9.17, 15) is 22.4 Å². The van der Waals surface area contributed by atoms with Gasteiger partial charge in [0.05, 0.1) is 0 Å². The van der Waals surface area contributed by atoms with E-state index in [0.717, 1.165) is 7.05 Å². The summed E-state index contributed by atoms with van der Waals surface area (Å²) in [6, 6.07) is 6.29. The average Bonchev–Trinajstić information content (AvgIpc) is 2.30. The summed E-state index contributed by atoms with van der Waals surface area (Å²) >= 11 is 0. The minimum atomic E-state index is -4.68. The molecule has 0 aliphatic carbocycles. The van der Waals surface area contributed by atoms with Crippen molar-refractivity contribution in [1.82, 2.24) is 4.90 Å². The first kappa shape index (κ1) is 14.3. The molecular weight excluding hydrogens is 252 g/mol. The lowest BCUT2D eigenvalue weighted by Crippen LogP contribution is -2.45. The summed E-state index contributed by atoms with van der Waals surface area (Å²) in [7, 11) is 1.02. The van der Waals surface area contributed by atoms with Crippen LogP contribution in [-0.4, -0.2) is 30.2 Å². The van der Waals surface area contributed by atoms with E-state index in [1.54, 1.807) is 12.1 Å². The van der Waals surface area contributed by atoms with Gasteiger partial charge in [-0.25, -0.2) is 8.78 Å². The molecule has 0 saturated heterocycles. The molecule has 0 bridgehead atoms. The Morgan fingerprint density at radius 3 is 2.44 bits per heavy atom. The van der Waals surface area contributed by atoms with Crippen molar-refractivity contribution in [1.29, 1.82) is 0 Å². The van der Waals surface area contributed by atoms with Crippen LogP contribution in [0.25, 0.3) is 0 Å². The lowest BCUT2D eigenvalue weighted by molar-refractivity contribution is -0.179. The summed E-state index contributed by atoms with van der Waals surface area (Å²) in [6.07, 6.45) is -4.03. The standard InChI is InChI=1S/C11H12F4N2O/c1-17(10(18)11(14,15)9(12)13)6-7-4-2-3-5-8(7)16/h2-5,9H,6,16H2,1H3. The second kappa shape index (κ2) is 5.24. The number of nitrogens with two attached hydrogens (primary N) is 1. The van der Waals surface area contributed by atoms with Crippen molar-refractivity contribution in [3.63, 3.8) is 0 Å². The molecule has 0 heterocycles. The number of hydrogen-bond acceptors (Lipinski definition) is 2. The highest BCUT2D eigenvalue weighted by atomic mass is 19.3. The van der Waals surface area contributed by atoms with Gasteiger partial charge in [-0.15, -0.1) is 0 Å². The molecule has 1 amide bonds. The van der Waals surface area contributed by atoms with E-state index in [-0.39, 0.29) is 6.54 Å². The number of amides is 1. The number of carbonyl (C=O) groups is 1. The second-order valence-electron chi connectivity index (χ2n) is 3.78. The lowest BCUT2D eigenvalue weighted by Gasteiger charge is -2.23. The number of nitrogens with zero attached hydrogens (tertiary/aromatic N) is 1. The zero-order valence-electron chi connectivity index (χ0n) is 9.54. The van der Waals surface area contributed by atoms with E-state index >= 15 is 0 Å². The van der Waals surface area contributed by atoms with Crippen molar-refractivity contribution in [2.45, 2.75) is 18.9 Å². The number of halogens is 4. The summed E-state index contributed by atoms with van der Waals surface area (Å²) in [4.78, 5) is 11.7. The summed E-state index contributed by atoms with van der Waals surface area (Å²) < 4.78 is 49.7. The lowest BCUT2D eigenvalue weighted by atomic mass is 10.1. The summed E-state index contributed by atoms with van der Waals surface area (Å²) in [5, 5.41) is 0. The Balaban J connectivity index is 2.81. The van der Waals surface area contributed by atoms with Crippen molar-refractivity contribution in [3.05, 3.63) is 29.8 Å². The van der Waals surface area contributed by atoms with Crippen molar-refractivity contribution in [2.75, 3.05) is 12.8 Å². The maximum absolute atomic E-state index is 12.8. The van der Waals surface area contributed by atoms with E-state index in [2.05, 4.69) is 0 Å². The highest BCUT2D eigenvalue weighted by Gasteiger charge is 2.50. The van der Waals surface area contributed by atoms with E-state index in [0.29, 0.717) is 16.2 Å². The van der Waals surface area contributed by atoms with Crippen LogP contribution in [0.2, 0.25) is 0 Å². The smallest absolute Gasteiger partial charge is 0.383 e. The number of nitrogen functional groups attached to an aromatic ring is 1. The van der Waals surface area contributed by atoms with Gasteiger partial charge in [-0.05, 0) is 11.6 Å². The molecule has 3 nitrogen and oxygen atoms in total. The van der Waals surface area contributed by atoms with E-state index in [1.165, 1.54) is 12.1 Å². The van der Waals surface area contributed by atoms with Crippen molar-refractivity contribution in [3.8, 4) is 0 Å². The third kappa shape index (κ3) is 2.91. The summed E-state index contributed by atoms with van der Waals surface area (Å²) in [5.74, 6) is -6.61. The molecule has 0 aliphatic rings. The Morgan fingerprint density at radius 1 is 1.39 bits per heavy atom. The molecule has 100 valence electrons. The van der Waals surface area contributed by atoms with Crippen LogP contribution in [-0.2, 0) is 11.3 Å². The predicted molar refractivity (Wildman–Crippen MR) is 58.3 cm³/mol. The Morgan fingerprint density at radius 2 is 1.94 bits per heavy atom. The highest BCUT2D eigenvalue weighted by molar-refractivity contribution is 5.83. The first-order valence-corrected chi connectivity index (χ1v) is 5.01. The fourth-order valence-corrected chi connectivity index (χ4v) is 1.35. The zero-order chi connectivity index (χ0) is 13.9. The van der Waals surface area contributed by atoms with Crippen LogP contribution in [0, 0.1) is 0 Å². The van der Waals surface area contributed by atoms with Gasteiger partial charge in [0.15, 0.2) is 0 Å². The minimum absolute atomic E-state index is 0.256. The molecule has 0 fully saturated rings. The maximum Gasteiger partial charge on any atom is 0.383 e. The predicted octanol–water partition coefficient (Wildman–Crippen LogP) is 2.13. The largest absolute Gasteiger partial charge is 0.398 e. The van der Waals surface area contributed by atoms with Crippen LogP contribution >= 0.6 is 0 Å². The molecule has 0 saturated carbocycles. The molecule has 1 rings (SSSR count).